The third-order valence-electron chi connectivity index (χ3n) is 4.25. The van der Waals surface area contributed by atoms with Crippen molar-refractivity contribution in [3.8, 4) is 11.3 Å². The third kappa shape index (κ3) is 3.15. The zero-order valence-corrected chi connectivity index (χ0v) is 14.3. The highest BCUT2D eigenvalue weighted by Crippen LogP contribution is 2.21. The summed E-state index contributed by atoms with van der Waals surface area (Å²) >= 11 is 0. The number of benzene rings is 1. The van der Waals surface area contributed by atoms with E-state index in [0.717, 1.165) is 23.5 Å². The lowest BCUT2D eigenvalue weighted by molar-refractivity contribution is 0.0747. The average molecular weight is 322 g/mol. The predicted molar refractivity (Wildman–Crippen MR) is 96.1 cm³/mol. The molecule has 5 heteroatoms. The van der Waals surface area contributed by atoms with Crippen LogP contribution in [-0.2, 0) is 0 Å². The van der Waals surface area contributed by atoms with E-state index in [9.17, 15) is 4.79 Å². The van der Waals surface area contributed by atoms with Gasteiger partial charge in [0.2, 0.25) is 0 Å². The highest BCUT2D eigenvalue weighted by molar-refractivity contribution is 5.95. The standard InChI is InChI=1S/C19H22N4O/c1-4-16-6-5-11-23(16)19(24)15-9-7-14(8-10-15)17-12-20-13-18(21-17)22(2)3/h5-10,12-13,16H,4,11H2,1-3H3/t16-/m0/s1. The minimum atomic E-state index is 0.0755. The van der Waals surface area contributed by atoms with Gasteiger partial charge in [-0.2, -0.15) is 0 Å². The van der Waals surface area contributed by atoms with E-state index in [2.05, 4.69) is 29.0 Å². The van der Waals surface area contributed by atoms with Gasteiger partial charge in [0.1, 0.15) is 5.82 Å². The molecule has 1 aromatic heterocycles. The monoisotopic (exact) mass is 322 g/mol. The van der Waals surface area contributed by atoms with Crippen LogP contribution in [0.1, 0.15) is 23.7 Å². The summed E-state index contributed by atoms with van der Waals surface area (Å²) in [6.45, 7) is 2.79. The molecule has 0 spiro atoms. The quantitative estimate of drug-likeness (QED) is 0.812. The number of rotatable bonds is 4. The highest BCUT2D eigenvalue weighted by atomic mass is 16.2. The molecule has 2 aromatic rings. The Balaban J connectivity index is 1.81. The van der Waals surface area contributed by atoms with Gasteiger partial charge in [0.05, 0.1) is 24.1 Å². The Labute approximate surface area is 142 Å². The van der Waals surface area contributed by atoms with Gasteiger partial charge in [0.15, 0.2) is 0 Å². The van der Waals surface area contributed by atoms with Crippen LogP contribution in [0.15, 0.2) is 48.8 Å². The van der Waals surface area contributed by atoms with Crippen LogP contribution in [0, 0.1) is 0 Å². The van der Waals surface area contributed by atoms with Crippen molar-refractivity contribution in [2.45, 2.75) is 19.4 Å². The molecule has 0 saturated carbocycles. The number of nitrogens with zero attached hydrogens (tertiary/aromatic N) is 4. The highest BCUT2D eigenvalue weighted by Gasteiger charge is 2.24. The van der Waals surface area contributed by atoms with Crippen molar-refractivity contribution in [1.82, 2.24) is 14.9 Å². The Morgan fingerprint density at radius 1 is 1.25 bits per heavy atom. The number of carbonyl (C=O) groups is 1. The fraction of sp³-hybridized carbons (Fsp3) is 0.316. The smallest absolute Gasteiger partial charge is 0.254 e. The topological polar surface area (TPSA) is 49.3 Å². The van der Waals surface area contributed by atoms with Gasteiger partial charge in [0.25, 0.3) is 5.91 Å². The van der Waals surface area contributed by atoms with E-state index < -0.39 is 0 Å². The second-order valence-electron chi connectivity index (χ2n) is 6.10. The first-order valence-corrected chi connectivity index (χ1v) is 8.17. The van der Waals surface area contributed by atoms with Crippen molar-refractivity contribution < 1.29 is 4.79 Å². The van der Waals surface area contributed by atoms with Gasteiger partial charge >= 0.3 is 0 Å². The van der Waals surface area contributed by atoms with Crippen molar-refractivity contribution in [3.05, 3.63) is 54.4 Å². The molecule has 3 rings (SSSR count). The van der Waals surface area contributed by atoms with E-state index in [1.165, 1.54) is 0 Å². The molecule has 2 heterocycles. The van der Waals surface area contributed by atoms with Crippen molar-refractivity contribution in [2.24, 2.45) is 0 Å². The number of anilines is 1. The maximum Gasteiger partial charge on any atom is 0.254 e. The zero-order chi connectivity index (χ0) is 17.1. The van der Waals surface area contributed by atoms with Crippen LogP contribution in [-0.4, -0.2) is 47.5 Å². The van der Waals surface area contributed by atoms with E-state index >= 15 is 0 Å². The minimum Gasteiger partial charge on any atom is -0.361 e. The SMILES string of the molecule is CC[C@H]1C=CCN1C(=O)c1ccc(-c2cncc(N(C)C)n2)cc1. The molecular formula is C19H22N4O. The van der Waals surface area contributed by atoms with Gasteiger partial charge in [-0.05, 0) is 18.6 Å². The molecule has 0 N–H and O–H groups in total. The number of carbonyl (C=O) groups excluding carboxylic acids is 1. The van der Waals surface area contributed by atoms with Crippen LogP contribution in [0.25, 0.3) is 11.3 Å². The molecule has 1 amide bonds. The summed E-state index contributed by atoms with van der Waals surface area (Å²) in [4.78, 5) is 25.3. The number of hydrogen-bond acceptors (Lipinski definition) is 4. The van der Waals surface area contributed by atoms with Gasteiger partial charge in [-0.1, -0.05) is 31.2 Å². The van der Waals surface area contributed by atoms with Gasteiger partial charge < -0.3 is 9.80 Å². The molecular weight excluding hydrogens is 300 g/mol. The lowest BCUT2D eigenvalue weighted by Crippen LogP contribution is -2.35. The molecule has 1 aromatic carbocycles. The Hall–Kier alpha value is -2.69. The van der Waals surface area contributed by atoms with Crippen molar-refractivity contribution >= 4 is 11.7 Å². The minimum absolute atomic E-state index is 0.0755. The lowest BCUT2D eigenvalue weighted by Gasteiger charge is -2.23. The van der Waals surface area contributed by atoms with E-state index in [-0.39, 0.29) is 11.9 Å². The Morgan fingerprint density at radius 2 is 2.00 bits per heavy atom. The summed E-state index contributed by atoms with van der Waals surface area (Å²) in [5, 5.41) is 0. The molecule has 24 heavy (non-hydrogen) atoms. The molecule has 0 radical (unpaired) electrons. The van der Waals surface area contributed by atoms with E-state index in [0.29, 0.717) is 12.1 Å². The molecule has 5 nitrogen and oxygen atoms in total. The van der Waals surface area contributed by atoms with E-state index in [1.807, 2.05) is 48.2 Å². The Kier molecular flexibility index (Phi) is 4.60. The maximum absolute atomic E-state index is 12.7. The third-order valence-corrected chi connectivity index (χ3v) is 4.25. The molecule has 1 aliphatic heterocycles. The Bertz CT molecular complexity index is 752. The second kappa shape index (κ2) is 6.83. The molecule has 0 saturated heterocycles. The summed E-state index contributed by atoms with van der Waals surface area (Å²) in [5.74, 6) is 0.883. The van der Waals surface area contributed by atoms with Crippen LogP contribution < -0.4 is 4.90 Å². The first kappa shape index (κ1) is 16.2. The van der Waals surface area contributed by atoms with Crippen molar-refractivity contribution in [2.75, 3.05) is 25.5 Å². The van der Waals surface area contributed by atoms with Gasteiger partial charge in [0, 0.05) is 31.8 Å². The summed E-state index contributed by atoms with van der Waals surface area (Å²) in [7, 11) is 3.87. The van der Waals surface area contributed by atoms with Crippen LogP contribution in [0.2, 0.25) is 0 Å². The largest absolute Gasteiger partial charge is 0.361 e. The maximum atomic E-state index is 12.7. The summed E-state index contributed by atoms with van der Waals surface area (Å²) in [6, 6.07) is 7.81. The predicted octanol–water partition coefficient (Wildman–Crippen LogP) is 3.00. The van der Waals surface area contributed by atoms with Crippen LogP contribution in [0.5, 0.6) is 0 Å². The molecule has 0 aliphatic carbocycles. The number of amides is 1. The van der Waals surface area contributed by atoms with Gasteiger partial charge in [-0.15, -0.1) is 0 Å². The molecule has 0 fully saturated rings. The van der Waals surface area contributed by atoms with Crippen molar-refractivity contribution in [3.63, 3.8) is 0 Å². The second-order valence-corrected chi connectivity index (χ2v) is 6.10. The lowest BCUT2D eigenvalue weighted by atomic mass is 10.1. The fourth-order valence-corrected chi connectivity index (χ4v) is 2.82. The normalized spacial score (nSPS) is 16.5. The van der Waals surface area contributed by atoms with E-state index in [1.54, 1.807) is 12.4 Å². The van der Waals surface area contributed by atoms with Gasteiger partial charge in [-0.25, -0.2) is 4.98 Å². The number of aromatic nitrogens is 2. The zero-order valence-electron chi connectivity index (χ0n) is 14.3. The molecule has 124 valence electrons. The van der Waals surface area contributed by atoms with Crippen LogP contribution in [0.3, 0.4) is 0 Å². The first-order valence-electron chi connectivity index (χ1n) is 8.17. The van der Waals surface area contributed by atoms with Crippen LogP contribution >= 0.6 is 0 Å². The first-order chi connectivity index (χ1) is 11.6. The average Bonchev–Trinajstić information content (AvgIpc) is 3.10. The van der Waals surface area contributed by atoms with Crippen molar-refractivity contribution in [1.29, 1.82) is 0 Å². The van der Waals surface area contributed by atoms with E-state index in [4.69, 9.17) is 0 Å². The molecule has 0 bridgehead atoms. The Morgan fingerprint density at radius 3 is 2.67 bits per heavy atom. The summed E-state index contributed by atoms with van der Waals surface area (Å²) in [6.07, 6.45) is 8.57. The molecule has 1 atom stereocenters. The molecule has 0 unspecified atom stereocenters. The van der Waals surface area contributed by atoms with Gasteiger partial charge in [-0.3, -0.25) is 9.78 Å². The number of hydrogen-bond donors (Lipinski definition) is 0. The summed E-state index contributed by atoms with van der Waals surface area (Å²) < 4.78 is 0. The fourth-order valence-electron chi connectivity index (χ4n) is 2.82. The van der Waals surface area contributed by atoms with Crippen LogP contribution in [0.4, 0.5) is 5.82 Å². The summed E-state index contributed by atoms with van der Waals surface area (Å²) in [5.41, 5.74) is 2.46. The molecule has 1 aliphatic rings.